The second kappa shape index (κ2) is 27.6. The van der Waals surface area contributed by atoms with E-state index < -0.39 is 14.7 Å². The molecule has 41 heavy (non-hydrogen) atoms. The Hall–Kier alpha value is 0.0269. The first-order valence-electron chi connectivity index (χ1n) is 18.4. The molecular weight excluding hydrogens is 527 g/mol. The van der Waals surface area contributed by atoms with Crippen molar-refractivity contribution in [2.24, 2.45) is 0 Å². The van der Waals surface area contributed by atoms with Crippen LogP contribution in [0.4, 0.5) is 4.39 Å². The molecule has 1 atom stereocenters. The Morgan fingerprint density at radius 1 is 0.488 bits per heavy atom. The van der Waals surface area contributed by atoms with E-state index in [0.717, 1.165) is 25.7 Å². The minimum Gasteiger partial charge on any atom is -0.371 e. The second-order valence-electron chi connectivity index (χ2n) is 13.5. The summed E-state index contributed by atoms with van der Waals surface area (Å²) < 4.78 is 34.7. The standard InChI is InChI=1S/C36H75FO3Si/c1-8-10-12-14-16-18-19-20-21-22-23-24-25-26-28-30-32-36(7,37)40-41(38-34(3)4,39-35(5)6)33-31-29-27-17-15-13-11-9-2/h34-35H,8-33H2,1-7H3. The molecule has 0 spiro atoms. The number of halogens is 1. The van der Waals surface area contributed by atoms with Crippen molar-refractivity contribution in [2.75, 3.05) is 0 Å². The van der Waals surface area contributed by atoms with Crippen molar-refractivity contribution in [2.45, 2.75) is 233 Å². The van der Waals surface area contributed by atoms with Crippen LogP contribution in [-0.4, -0.2) is 26.9 Å². The van der Waals surface area contributed by atoms with E-state index >= 15 is 4.39 Å². The van der Waals surface area contributed by atoms with E-state index in [2.05, 4.69) is 13.8 Å². The molecule has 0 aromatic heterocycles. The Bertz CT molecular complexity index is 531. The molecule has 0 N–H and O–H groups in total. The Morgan fingerprint density at radius 3 is 1.10 bits per heavy atom. The van der Waals surface area contributed by atoms with Crippen LogP contribution in [0, 0.1) is 0 Å². The molecule has 0 rings (SSSR count). The SMILES string of the molecule is CCCCCCCCCCCCCCCCCCC(C)(F)O[Si](CCCCCCCCCC)(OC(C)C)OC(C)C. The van der Waals surface area contributed by atoms with Crippen LogP contribution in [0.1, 0.15) is 209 Å². The number of rotatable bonds is 32. The Kier molecular flexibility index (Phi) is 27.6. The zero-order valence-corrected chi connectivity index (χ0v) is 30.1. The normalized spacial score (nSPS) is 13.9. The van der Waals surface area contributed by atoms with Gasteiger partial charge in [0.25, 0.3) is 0 Å². The van der Waals surface area contributed by atoms with Crippen molar-refractivity contribution in [1.82, 2.24) is 0 Å². The minimum atomic E-state index is -3.12. The van der Waals surface area contributed by atoms with Crippen LogP contribution < -0.4 is 0 Å². The zero-order chi connectivity index (χ0) is 30.7. The average Bonchev–Trinajstić information content (AvgIpc) is 2.88. The van der Waals surface area contributed by atoms with Gasteiger partial charge in [0.1, 0.15) is 0 Å². The van der Waals surface area contributed by atoms with E-state index in [4.69, 9.17) is 13.3 Å². The molecule has 0 amide bonds. The topological polar surface area (TPSA) is 27.7 Å². The maximum Gasteiger partial charge on any atom is 0.503 e. The molecule has 0 aromatic rings. The molecule has 5 heteroatoms. The summed E-state index contributed by atoms with van der Waals surface area (Å²) in [5.41, 5.74) is 0. The first-order valence-corrected chi connectivity index (χ1v) is 20.3. The van der Waals surface area contributed by atoms with Crippen molar-refractivity contribution in [3.05, 3.63) is 0 Å². The molecule has 3 nitrogen and oxygen atoms in total. The number of hydrogen-bond acceptors (Lipinski definition) is 3. The van der Waals surface area contributed by atoms with Gasteiger partial charge in [0.2, 0.25) is 5.85 Å². The summed E-state index contributed by atoms with van der Waals surface area (Å²) in [6, 6.07) is 0.705. The Morgan fingerprint density at radius 2 is 0.780 bits per heavy atom. The van der Waals surface area contributed by atoms with E-state index in [9.17, 15) is 0 Å². The minimum absolute atomic E-state index is 0.0409. The highest BCUT2D eigenvalue weighted by Crippen LogP contribution is 2.32. The van der Waals surface area contributed by atoms with Crippen molar-refractivity contribution >= 4 is 8.80 Å². The van der Waals surface area contributed by atoms with Crippen molar-refractivity contribution < 1.29 is 17.7 Å². The van der Waals surface area contributed by atoms with Crippen molar-refractivity contribution in [3.8, 4) is 0 Å². The van der Waals surface area contributed by atoms with Gasteiger partial charge in [-0.25, -0.2) is 4.39 Å². The molecule has 0 saturated heterocycles. The lowest BCUT2D eigenvalue weighted by molar-refractivity contribution is -0.119. The van der Waals surface area contributed by atoms with Crippen LogP contribution in [-0.2, 0) is 13.3 Å². The lowest BCUT2D eigenvalue weighted by atomic mass is 10.0. The molecule has 0 aliphatic carbocycles. The fourth-order valence-electron chi connectivity index (χ4n) is 5.80. The molecular formula is C36H75FO3Si. The second-order valence-corrected chi connectivity index (χ2v) is 16.0. The summed E-state index contributed by atoms with van der Waals surface area (Å²) >= 11 is 0. The average molecular weight is 603 g/mol. The van der Waals surface area contributed by atoms with Gasteiger partial charge in [0.05, 0.1) is 0 Å². The number of unbranched alkanes of at least 4 members (excludes halogenated alkanes) is 22. The summed E-state index contributed by atoms with van der Waals surface area (Å²) in [6.45, 7) is 14.2. The first-order chi connectivity index (χ1) is 19.7. The number of hydrogen-bond donors (Lipinski definition) is 0. The summed E-state index contributed by atoms with van der Waals surface area (Å²) in [6.07, 6.45) is 31.4. The van der Waals surface area contributed by atoms with Gasteiger partial charge in [-0.05, 0) is 47.5 Å². The Labute approximate surface area is 259 Å². The largest absolute Gasteiger partial charge is 0.503 e. The monoisotopic (exact) mass is 603 g/mol. The molecule has 0 bridgehead atoms. The van der Waals surface area contributed by atoms with Crippen LogP contribution in [0.5, 0.6) is 0 Å². The summed E-state index contributed by atoms with van der Waals surface area (Å²) in [4.78, 5) is 0. The van der Waals surface area contributed by atoms with Crippen LogP contribution in [0.25, 0.3) is 0 Å². The van der Waals surface area contributed by atoms with Crippen molar-refractivity contribution in [1.29, 1.82) is 0 Å². The van der Waals surface area contributed by atoms with Gasteiger partial charge in [-0.2, -0.15) is 0 Å². The summed E-state index contributed by atoms with van der Waals surface area (Å²) in [7, 11) is -3.12. The quantitative estimate of drug-likeness (QED) is 0.0566. The molecule has 0 saturated carbocycles. The highest BCUT2D eigenvalue weighted by atomic mass is 28.4. The molecule has 0 fully saturated rings. The van der Waals surface area contributed by atoms with Gasteiger partial charge in [-0.15, -0.1) is 0 Å². The summed E-state index contributed by atoms with van der Waals surface area (Å²) in [5.74, 6) is -1.70. The fraction of sp³-hybridized carbons (Fsp3) is 1.00. The predicted molar refractivity (Wildman–Crippen MR) is 180 cm³/mol. The highest BCUT2D eigenvalue weighted by molar-refractivity contribution is 6.60. The van der Waals surface area contributed by atoms with Gasteiger partial charge in [-0.1, -0.05) is 155 Å². The molecule has 0 aliphatic rings. The van der Waals surface area contributed by atoms with Crippen LogP contribution >= 0.6 is 0 Å². The molecule has 0 radical (unpaired) electrons. The smallest absolute Gasteiger partial charge is 0.371 e. The van der Waals surface area contributed by atoms with Crippen LogP contribution in [0.15, 0.2) is 0 Å². The third-order valence-corrected chi connectivity index (χ3v) is 11.4. The number of alkyl halides is 1. The predicted octanol–water partition coefficient (Wildman–Crippen LogP) is 13.3. The molecule has 0 aliphatic heterocycles. The van der Waals surface area contributed by atoms with E-state index in [1.165, 1.54) is 128 Å². The van der Waals surface area contributed by atoms with Crippen LogP contribution in [0.2, 0.25) is 6.04 Å². The van der Waals surface area contributed by atoms with E-state index in [0.29, 0.717) is 12.5 Å². The third-order valence-electron chi connectivity index (χ3n) is 8.01. The van der Waals surface area contributed by atoms with E-state index in [1.54, 1.807) is 6.92 Å². The molecule has 0 heterocycles. The van der Waals surface area contributed by atoms with Crippen molar-refractivity contribution in [3.63, 3.8) is 0 Å². The maximum absolute atomic E-state index is 15.8. The van der Waals surface area contributed by atoms with Gasteiger partial charge < -0.3 is 13.3 Å². The zero-order valence-electron chi connectivity index (χ0n) is 29.1. The van der Waals surface area contributed by atoms with Crippen LogP contribution in [0.3, 0.4) is 0 Å². The van der Waals surface area contributed by atoms with E-state index in [1.807, 2.05) is 27.7 Å². The van der Waals surface area contributed by atoms with Gasteiger partial charge in [0.15, 0.2) is 0 Å². The third kappa shape index (κ3) is 27.3. The summed E-state index contributed by atoms with van der Waals surface area (Å²) in [5, 5.41) is 0. The molecule has 1 unspecified atom stereocenters. The van der Waals surface area contributed by atoms with E-state index in [-0.39, 0.29) is 12.2 Å². The van der Waals surface area contributed by atoms with Gasteiger partial charge >= 0.3 is 8.80 Å². The molecule has 248 valence electrons. The lowest BCUT2D eigenvalue weighted by Gasteiger charge is -2.37. The van der Waals surface area contributed by atoms with Gasteiger partial charge in [0, 0.05) is 24.7 Å². The Balaban J connectivity index is 4.25. The maximum atomic E-state index is 15.8. The fourth-order valence-corrected chi connectivity index (χ4v) is 9.16. The lowest BCUT2D eigenvalue weighted by Crippen LogP contribution is -2.53. The highest BCUT2D eigenvalue weighted by Gasteiger charge is 2.48. The van der Waals surface area contributed by atoms with Gasteiger partial charge in [-0.3, -0.25) is 0 Å². The molecule has 0 aromatic carbocycles. The first kappa shape index (κ1) is 41.0.